The van der Waals surface area contributed by atoms with Crippen molar-refractivity contribution in [2.45, 2.75) is 38.8 Å². The molecule has 0 saturated heterocycles. The fourth-order valence-electron chi connectivity index (χ4n) is 2.16. The molecular weight excluding hydrogens is 288 g/mol. The third-order valence-corrected chi connectivity index (χ3v) is 3.39. The molecule has 124 valence electrons. The van der Waals surface area contributed by atoms with Crippen molar-refractivity contribution in [2.75, 3.05) is 20.2 Å². The van der Waals surface area contributed by atoms with Crippen molar-refractivity contribution in [3.63, 3.8) is 0 Å². The zero-order valence-corrected chi connectivity index (χ0v) is 12.9. The minimum atomic E-state index is -0.862. The highest BCUT2D eigenvalue weighted by molar-refractivity contribution is 5.66. The Bertz CT molecular complexity index is 541. The summed E-state index contributed by atoms with van der Waals surface area (Å²) < 4.78 is 1.81. The molecule has 0 unspecified atom stereocenters. The van der Waals surface area contributed by atoms with Crippen molar-refractivity contribution in [1.29, 1.82) is 0 Å². The van der Waals surface area contributed by atoms with Crippen LogP contribution in [0.1, 0.15) is 31.4 Å². The Kier molecular flexibility index (Phi) is 7.62. The standard InChI is InChI=1S/C15H24N2O5/c1-16(7-5-15(21)22)10-12-9-13(19)14(20)11-17(12)6-3-2-4-8-18/h9,11,18,20H,2-8,10H2,1H3,(H,21,22). The Balaban J connectivity index is 2.75. The molecule has 0 atom stereocenters. The number of aliphatic carboxylic acids is 1. The number of carboxylic acid groups (broad SMARTS) is 1. The summed E-state index contributed by atoms with van der Waals surface area (Å²) in [6.07, 6.45) is 3.86. The molecule has 0 fully saturated rings. The van der Waals surface area contributed by atoms with E-state index < -0.39 is 11.4 Å². The van der Waals surface area contributed by atoms with Crippen LogP contribution < -0.4 is 5.43 Å². The highest BCUT2D eigenvalue weighted by Gasteiger charge is 2.09. The Morgan fingerprint density at radius 2 is 2.05 bits per heavy atom. The third kappa shape index (κ3) is 6.28. The summed E-state index contributed by atoms with van der Waals surface area (Å²) in [6, 6.07) is 1.39. The van der Waals surface area contributed by atoms with Gasteiger partial charge in [-0.15, -0.1) is 0 Å². The summed E-state index contributed by atoms with van der Waals surface area (Å²) in [5.41, 5.74) is 0.299. The normalized spacial score (nSPS) is 11.0. The molecule has 7 heteroatoms. The molecule has 0 bridgehead atoms. The molecular formula is C15H24N2O5. The van der Waals surface area contributed by atoms with Gasteiger partial charge in [-0.25, -0.2) is 0 Å². The number of carbonyl (C=O) groups is 1. The Morgan fingerprint density at radius 3 is 2.68 bits per heavy atom. The van der Waals surface area contributed by atoms with Crippen LogP contribution in [-0.2, 0) is 17.9 Å². The van der Waals surface area contributed by atoms with Crippen molar-refractivity contribution in [2.24, 2.45) is 0 Å². The summed E-state index contributed by atoms with van der Waals surface area (Å²) in [6.45, 7) is 1.61. The molecule has 0 amide bonds. The molecule has 0 spiro atoms. The van der Waals surface area contributed by atoms with Crippen LogP contribution >= 0.6 is 0 Å². The molecule has 22 heavy (non-hydrogen) atoms. The van der Waals surface area contributed by atoms with Crippen LogP contribution in [0.3, 0.4) is 0 Å². The molecule has 1 heterocycles. The zero-order valence-electron chi connectivity index (χ0n) is 12.9. The molecule has 1 aromatic heterocycles. The number of unbranched alkanes of at least 4 members (excludes halogenated alkanes) is 2. The average molecular weight is 312 g/mol. The third-order valence-electron chi connectivity index (χ3n) is 3.39. The van der Waals surface area contributed by atoms with Crippen molar-refractivity contribution >= 4 is 5.97 Å². The number of hydrogen-bond donors (Lipinski definition) is 3. The van der Waals surface area contributed by atoms with Gasteiger partial charge in [-0.05, 0) is 26.3 Å². The quantitative estimate of drug-likeness (QED) is 0.547. The second kappa shape index (κ2) is 9.22. The second-order valence-electron chi connectivity index (χ2n) is 5.37. The molecule has 0 saturated carbocycles. The fraction of sp³-hybridized carbons (Fsp3) is 0.600. The smallest absolute Gasteiger partial charge is 0.304 e. The number of aliphatic hydroxyl groups is 1. The average Bonchev–Trinajstić information content (AvgIpc) is 2.46. The van der Waals surface area contributed by atoms with Gasteiger partial charge in [0.25, 0.3) is 0 Å². The lowest BCUT2D eigenvalue weighted by atomic mass is 10.2. The lowest BCUT2D eigenvalue weighted by Crippen LogP contribution is -2.25. The number of aromatic hydroxyl groups is 1. The summed E-state index contributed by atoms with van der Waals surface area (Å²) in [5, 5.41) is 27.0. The van der Waals surface area contributed by atoms with E-state index in [0.29, 0.717) is 19.6 Å². The highest BCUT2D eigenvalue weighted by atomic mass is 16.4. The van der Waals surface area contributed by atoms with Gasteiger partial charge in [-0.2, -0.15) is 0 Å². The van der Waals surface area contributed by atoms with E-state index in [1.165, 1.54) is 12.3 Å². The van der Waals surface area contributed by atoms with Gasteiger partial charge in [0.2, 0.25) is 5.43 Å². The Labute approximate surface area is 129 Å². The monoisotopic (exact) mass is 312 g/mol. The Hall–Kier alpha value is -1.86. The van der Waals surface area contributed by atoms with Crippen LogP contribution in [0.2, 0.25) is 0 Å². The maximum absolute atomic E-state index is 11.6. The number of nitrogens with zero attached hydrogens (tertiary/aromatic N) is 2. The summed E-state index contributed by atoms with van der Waals surface area (Å²) in [5.74, 6) is -1.15. The van der Waals surface area contributed by atoms with Gasteiger partial charge in [0.1, 0.15) is 0 Å². The first-order chi connectivity index (χ1) is 10.4. The van der Waals surface area contributed by atoms with Crippen LogP contribution in [0.5, 0.6) is 5.75 Å². The first-order valence-corrected chi connectivity index (χ1v) is 7.37. The number of aryl methyl sites for hydroxylation is 1. The molecule has 7 nitrogen and oxygen atoms in total. The van der Waals surface area contributed by atoms with Crippen LogP contribution in [0, 0.1) is 0 Å². The van der Waals surface area contributed by atoms with E-state index in [-0.39, 0.29) is 18.8 Å². The minimum absolute atomic E-state index is 0.0370. The number of hydrogen-bond acceptors (Lipinski definition) is 5. The number of pyridine rings is 1. The second-order valence-corrected chi connectivity index (χ2v) is 5.37. The lowest BCUT2D eigenvalue weighted by molar-refractivity contribution is -0.137. The van der Waals surface area contributed by atoms with Crippen LogP contribution in [0.15, 0.2) is 17.1 Å². The summed E-state index contributed by atoms with van der Waals surface area (Å²) in [7, 11) is 1.79. The van der Waals surface area contributed by atoms with E-state index in [4.69, 9.17) is 10.2 Å². The molecule has 0 aliphatic rings. The van der Waals surface area contributed by atoms with Crippen LogP contribution in [0.4, 0.5) is 0 Å². The fourth-order valence-corrected chi connectivity index (χ4v) is 2.16. The van der Waals surface area contributed by atoms with Gasteiger partial charge in [0.15, 0.2) is 5.75 Å². The van der Waals surface area contributed by atoms with Gasteiger partial charge in [0, 0.05) is 38.0 Å². The van der Waals surface area contributed by atoms with Crippen molar-refractivity contribution in [3.05, 3.63) is 28.2 Å². The zero-order chi connectivity index (χ0) is 16.5. The molecule has 3 N–H and O–H groups in total. The van der Waals surface area contributed by atoms with Crippen LogP contribution in [0.25, 0.3) is 0 Å². The lowest BCUT2D eigenvalue weighted by Gasteiger charge is -2.20. The molecule has 1 rings (SSSR count). The summed E-state index contributed by atoms with van der Waals surface area (Å²) >= 11 is 0. The molecule has 0 aliphatic heterocycles. The molecule has 0 aromatic carbocycles. The number of carboxylic acids is 1. The number of rotatable bonds is 10. The summed E-state index contributed by atoms with van der Waals surface area (Å²) in [4.78, 5) is 24.0. The van der Waals surface area contributed by atoms with E-state index in [9.17, 15) is 14.7 Å². The topological polar surface area (TPSA) is 103 Å². The van der Waals surface area contributed by atoms with E-state index in [2.05, 4.69) is 0 Å². The predicted octanol–water partition coefficient (Wildman–Crippen LogP) is 0.623. The van der Waals surface area contributed by atoms with Gasteiger partial charge in [-0.3, -0.25) is 9.59 Å². The predicted molar refractivity (Wildman–Crippen MR) is 81.9 cm³/mol. The molecule has 1 aromatic rings. The first kappa shape index (κ1) is 18.2. The van der Waals surface area contributed by atoms with Crippen LogP contribution in [-0.4, -0.2) is 51.0 Å². The maximum atomic E-state index is 11.6. The maximum Gasteiger partial charge on any atom is 0.304 e. The van der Waals surface area contributed by atoms with E-state index in [0.717, 1.165) is 25.0 Å². The van der Waals surface area contributed by atoms with E-state index in [1.807, 2.05) is 9.47 Å². The molecule has 0 radical (unpaired) electrons. The van der Waals surface area contributed by atoms with Crippen molar-refractivity contribution < 1.29 is 20.1 Å². The van der Waals surface area contributed by atoms with Crippen molar-refractivity contribution in [3.8, 4) is 5.75 Å². The van der Waals surface area contributed by atoms with Gasteiger partial charge in [-0.1, -0.05) is 0 Å². The Morgan fingerprint density at radius 1 is 1.32 bits per heavy atom. The first-order valence-electron chi connectivity index (χ1n) is 7.37. The SMILES string of the molecule is CN(CCC(=O)O)Cc1cc(=O)c(O)cn1CCCCCO. The van der Waals surface area contributed by atoms with Gasteiger partial charge < -0.3 is 24.8 Å². The minimum Gasteiger partial charge on any atom is -0.503 e. The van der Waals surface area contributed by atoms with Gasteiger partial charge in [0.05, 0.1) is 12.6 Å². The molecule has 0 aliphatic carbocycles. The highest BCUT2D eigenvalue weighted by Crippen LogP contribution is 2.10. The number of aliphatic hydroxyl groups excluding tert-OH is 1. The van der Waals surface area contributed by atoms with E-state index >= 15 is 0 Å². The van der Waals surface area contributed by atoms with Gasteiger partial charge >= 0.3 is 5.97 Å². The van der Waals surface area contributed by atoms with Crippen molar-refractivity contribution in [1.82, 2.24) is 9.47 Å². The number of aromatic nitrogens is 1. The largest absolute Gasteiger partial charge is 0.503 e. The van der Waals surface area contributed by atoms with E-state index in [1.54, 1.807) is 7.05 Å².